The molecule has 34 heavy (non-hydrogen) atoms. The van der Waals surface area contributed by atoms with Gasteiger partial charge in [-0.1, -0.05) is 62.7 Å². The summed E-state index contributed by atoms with van der Waals surface area (Å²) in [5, 5.41) is 3.12. The van der Waals surface area contributed by atoms with Gasteiger partial charge in [0.25, 0.3) is 5.91 Å². The Morgan fingerprint density at radius 2 is 1.82 bits per heavy atom. The minimum Gasteiger partial charge on any atom is -0.352 e. The maximum absolute atomic E-state index is 13.3. The van der Waals surface area contributed by atoms with Crippen molar-refractivity contribution >= 4 is 35.3 Å². The first kappa shape index (κ1) is 24.4. The molecule has 2 aromatic carbocycles. The van der Waals surface area contributed by atoms with Crippen molar-refractivity contribution in [3.63, 3.8) is 0 Å². The van der Waals surface area contributed by atoms with Crippen molar-refractivity contribution in [3.8, 4) is 0 Å². The van der Waals surface area contributed by atoms with E-state index in [1.807, 2.05) is 18.2 Å². The van der Waals surface area contributed by atoms with Gasteiger partial charge < -0.3 is 5.32 Å². The molecule has 0 unspecified atom stereocenters. The van der Waals surface area contributed by atoms with Gasteiger partial charge in [0.15, 0.2) is 0 Å². The van der Waals surface area contributed by atoms with E-state index in [0.29, 0.717) is 28.0 Å². The van der Waals surface area contributed by atoms with E-state index in [1.165, 1.54) is 28.8 Å². The topological polar surface area (TPSA) is 49.4 Å². The van der Waals surface area contributed by atoms with Crippen molar-refractivity contribution in [2.24, 2.45) is 11.8 Å². The Kier molecular flexibility index (Phi) is 7.07. The van der Waals surface area contributed by atoms with Gasteiger partial charge in [-0.2, -0.15) is 13.2 Å². The van der Waals surface area contributed by atoms with Crippen molar-refractivity contribution in [2.75, 3.05) is 11.4 Å². The highest BCUT2D eigenvalue weighted by Gasteiger charge is 2.33. The van der Waals surface area contributed by atoms with E-state index in [1.54, 1.807) is 12.1 Å². The van der Waals surface area contributed by atoms with Crippen LogP contribution in [0.15, 0.2) is 58.3 Å². The number of anilines is 1. The summed E-state index contributed by atoms with van der Waals surface area (Å²) in [6.45, 7) is 4.24. The predicted octanol–water partition coefficient (Wildman–Crippen LogP) is 6.13. The minimum absolute atomic E-state index is 0.0860. The molecule has 3 atom stereocenters. The first-order chi connectivity index (χ1) is 16.1. The van der Waals surface area contributed by atoms with Gasteiger partial charge in [0.2, 0.25) is 5.91 Å². The molecule has 2 amide bonds. The van der Waals surface area contributed by atoms with E-state index in [4.69, 9.17) is 0 Å². The highest BCUT2D eigenvalue weighted by Crippen LogP contribution is 2.42. The Morgan fingerprint density at radius 3 is 2.53 bits per heavy atom. The molecule has 0 spiro atoms. The lowest BCUT2D eigenvalue weighted by Gasteiger charge is -2.35. The molecule has 1 fully saturated rings. The van der Waals surface area contributed by atoms with Crippen LogP contribution in [-0.2, 0) is 15.8 Å². The van der Waals surface area contributed by atoms with Crippen molar-refractivity contribution in [3.05, 3.63) is 64.6 Å². The number of amides is 2. The summed E-state index contributed by atoms with van der Waals surface area (Å²) in [5.41, 5.74) is 0.395. The second kappa shape index (κ2) is 9.86. The molecule has 4 rings (SSSR count). The zero-order valence-corrected chi connectivity index (χ0v) is 19.9. The molecule has 1 N–H and O–H groups in total. The van der Waals surface area contributed by atoms with Crippen LogP contribution in [0.25, 0.3) is 6.08 Å². The van der Waals surface area contributed by atoms with Gasteiger partial charge in [0.1, 0.15) is 6.54 Å². The molecule has 180 valence electrons. The highest BCUT2D eigenvalue weighted by atomic mass is 32.2. The molecule has 8 heteroatoms. The van der Waals surface area contributed by atoms with Crippen molar-refractivity contribution in [2.45, 2.75) is 50.2 Å². The third-order valence-electron chi connectivity index (χ3n) is 6.72. The Balaban J connectivity index is 1.55. The fourth-order valence-corrected chi connectivity index (χ4v) is 5.58. The minimum atomic E-state index is -4.42. The third kappa shape index (κ3) is 5.32. The van der Waals surface area contributed by atoms with Gasteiger partial charge in [0.05, 0.1) is 16.2 Å². The first-order valence-corrected chi connectivity index (χ1v) is 12.2. The fraction of sp³-hybridized carbons (Fsp3) is 0.385. The van der Waals surface area contributed by atoms with E-state index in [-0.39, 0.29) is 24.4 Å². The molecule has 1 heterocycles. The van der Waals surface area contributed by atoms with E-state index in [0.717, 1.165) is 36.3 Å². The number of para-hydroxylation sites is 1. The number of nitrogens with zero attached hydrogens (tertiary/aromatic N) is 1. The van der Waals surface area contributed by atoms with Crippen LogP contribution in [0.5, 0.6) is 0 Å². The number of alkyl halides is 3. The Labute approximate surface area is 201 Å². The standard InChI is InChI=1S/C26H27F3N2O2S/c1-16-6-5-7-20(17(16)2)30-24(32)15-31-21-8-3-4-9-22(21)34-23(25(31)33)14-18-10-12-19(13-11-18)26(27,28)29/h3-4,8-14,16-17,20H,5-7,15H2,1-2H3,(H,30,32)/b23-14+/t16-,17+,20-/m1/s1. The Bertz CT molecular complexity index is 1100. The normalized spacial score (nSPS) is 24.1. The zero-order valence-electron chi connectivity index (χ0n) is 19.1. The fourth-order valence-electron chi connectivity index (χ4n) is 4.52. The third-order valence-corrected chi connectivity index (χ3v) is 7.80. The molecule has 1 aliphatic heterocycles. The van der Waals surface area contributed by atoms with Crippen LogP contribution >= 0.6 is 11.8 Å². The van der Waals surface area contributed by atoms with Gasteiger partial charge >= 0.3 is 6.18 Å². The number of nitrogens with one attached hydrogen (secondary N) is 1. The lowest BCUT2D eigenvalue weighted by atomic mass is 9.78. The van der Waals surface area contributed by atoms with Crippen LogP contribution in [0.3, 0.4) is 0 Å². The molecule has 0 bridgehead atoms. The van der Waals surface area contributed by atoms with Gasteiger partial charge in [0, 0.05) is 10.9 Å². The molecule has 4 nitrogen and oxygen atoms in total. The monoisotopic (exact) mass is 488 g/mol. The number of halogens is 3. The van der Waals surface area contributed by atoms with Crippen molar-refractivity contribution < 1.29 is 22.8 Å². The number of carbonyl (C=O) groups is 2. The summed E-state index contributed by atoms with van der Waals surface area (Å²) in [7, 11) is 0. The SMILES string of the molecule is C[C@H]1[C@H](C)CCC[C@H]1NC(=O)CN1C(=O)/C(=C\c2ccc(C(F)(F)F)cc2)Sc2ccccc21. The maximum Gasteiger partial charge on any atom is 0.416 e. The quantitative estimate of drug-likeness (QED) is 0.527. The molecule has 2 aliphatic rings. The van der Waals surface area contributed by atoms with Crippen LogP contribution in [-0.4, -0.2) is 24.4 Å². The lowest BCUT2D eigenvalue weighted by molar-refractivity contribution is -0.137. The number of thioether (sulfide) groups is 1. The van der Waals surface area contributed by atoms with Gasteiger partial charge in [-0.25, -0.2) is 0 Å². The second-order valence-corrected chi connectivity index (χ2v) is 10.1. The van der Waals surface area contributed by atoms with Crippen LogP contribution in [0.1, 0.15) is 44.2 Å². The molecular formula is C26H27F3N2O2S. The molecule has 0 saturated heterocycles. The average Bonchev–Trinajstić information content (AvgIpc) is 2.79. The zero-order chi connectivity index (χ0) is 24.5. The summed E-state index contributed by atoms with van der Waals surface area (Å²) in [5.74, 6) is 0.345. The van der Waals surface area contributed by atoms with Gasteiger partial charge in [-0.3, -0.25) is 14.5 Å². The highest BCUT2D eigenvalue weighted by molar-refractivity contribution is 8.04. The number of benzene rings is 2. The second-order valence-electron chi connectivity index (χ2n) is 9.03. The van der Waals surface area contributed by atoms with Crippen LogP contribution < -0.4 is 10.2 Å². The number of hydrogen-bond acceptors (Lipinski definition) is 3. The van der Waals surface area contributed by atoms with Crippen molar-refractivity contribution in [1.82, 2.24) is 5.32 Å². The molecular weight excluding hydrogens is 461 g/mol. The molecule has 2 aromatic rings. The Hall–Kier alpha value is -2.74. The molecule has 1 aliphatic carbocycles. The van der Waals surface area contributed by atoms with E-state index >= 15 is 0 Å². The Morgan fingerprint density at radius 1 is 1.12 bits per heavy atom. The number of hydrogen-bond donors (Lipinski definition) is 1. The van der Waals surface area contributed by atoms with Crippen LogP contribution in [0.4, 0.5) is 18.9 Å². The largest absolute Gasteiger partial charge is 0.416 e. The van der Waals surface area contributed by atoms with Crippen LogP contribution in [0, 0.1) is 11.8 Å². The molecule has 0 radical (unpaired) electrons. The van der Waals surface area contributed by atoms with Gasteiger partial charge in [-0.15, -0.1) is 0 Å². The van der Waals surface area contributed by atoms with E-state index in [2.05, 4.69) is 19.2 Å². The van der Waals surface area contributed by atoms with Crippen LogP contribution in [0.2, 0.25) is 0 Å². The number of fused-ring (bicyclic) bond motifs is 1. The average molecular weight is 489 g/mol. The summed E-state index contributed by atoms with van der Waals surface area (Å²) in [6.07, 6.45) is 0.298. The predicted molar refractivity (Wildman–Crippen MR) is 128 cm³/mol. The van der Waals surface area contributed by atoms with E-state index < -0.39 is 11.7 Å². The summed E-state index contributed by atoms with van der Waals surface area (Å²) in [4.78, 5) is 28.9. The summed E-state index contributed by atoms with van der Waals surface area (Å²) in [6, 6.07) is 12.1. The van der Waals surface area contributed by atoms with Crippen molar-refractivity contribution in [1.29, 1.82) is 0 Å². The number of rotatable bonds is 4. The smallest absolute Gasteiger partial charge is 0.352 e. The summed E-state index contributed by atoms with van der Waals surface area (Å²) >= 11 is 1.25. The maximum atomic E-state index is 13.3. The summed E-state index contributed by atoms with van der Waals surface area (Å²) < 4.78 is 38.6. The van der Waals surface area contributed by atoms with E-state index in [9.17, 15) is 22.8 Å². The molecule has 1 saturated carbocycles. The molecule has 0 aromatic heterocycles. The lowest BCUT2D eigenvalue weighted by Crippen LogP contribution is -2.49. The van der Waals surface area contributed by atoms with Gasteiger partial charge in [-0.05, 0) is 54.2 Å². The number of carbonyl (C=O) groups excluding carboxylic acids is 2. The first-order valence-electron chi connectivity index (χ1n) is 11.4.